The third kappa shape index (κ3) is 6.69. The molecule has 0 aliphatic heterocycles. The molecule has 0 spiro atoms. The van der Waals surface area contributed by atoms with E-state index in [0.29, 0.717) is 0 Å². The minimum Gasteiger partial charge on any atom is -0.417 e. The van der Waals surface area contributed by atoms with E-state index in [1.807, 2.05) is 0 Å². The summed E-state index contributed by atoms with van der Waals surface area (Å²) >= 11 is 0. The standard InChI is InChI=1S/C14H32OSi/c1-5-9-10-11-12-13-14-16(7-3,8-4)15-6-2/h5-14H2,1-4H3. The first-order valence-electron chi connectivity index (χ1n) is 7.38. The number of rotatable bonds is 11. The third-order valence-electron chi connectivity index (χ3n) is 3.73. The summed E-state index contributed by atoms with van der Waals surface area (Å²) < 4.78 is 6.09. The van der Waals surface area contributed by atoms with Gasteiger partial charge < -0.3 is 4.43 Å². The van der Waals surface area contributed by atoms with Gasteiger partial charge >= 0.3 is 0 Å². The molecule has 1 nitrogen and oxygen atoms in total. The zero-order valence-corrected chi connectivity index (χ0v) is 13.0. The van der Waals surface area contributed by atoms with Gasteiger partial charge in [-0.3, -0.25) is 0 Å². The summed E-state index contributed by atoms with van der Waals surface area (Å²) in [5.41, 5.74) is 0. The Morgan fingerprint density at radius 3 is 1.81 bits per heavy atom. The number of hydrogen-bond donors (Lipinski definition) is 0. The first-order chi connectivity index (χ1) is 7.74. The molecule has 0 amide bonds. The molecule has 0 heterocycles. The lowest BCUT2D eigenvalue weighted by Gasteiger charge is -2.28. The van der Waals surface area contributed by atoms with Crippen LogP contribution in [0.2, 0.25) is 18.1 Å². The van der Waals surface area contributed by atoms with Gasteiger partial charge in [-0.05, 0) is 25.1 Å². The van der Waals surface area contributed by atoms with E-state index >= 15 is 0 Å². The van der Waals surface area contributed by atoms with Gasteiger partial charge in [-0.1, -0.05) is 59.3 Å². The molecular formula is C14H32OSi. The zero-order valence-electron chi connectivity index (χ0n) is 12.0. The number of hydrogen-bond acceptors (Lipinski definition) is 1. The molecular weight excluding hydrogens is 212 g/mol. The molecule has 0 aliphatic rings. The second kappa shape index (κ2) is 10.3. The van der Waals surface area contributed by atoms with E-state index in [4.69, 9.17) is 4.43 Å². The van der Waals surface area contributed by atoms with E-state index in [9.17, 15) is 0 Å². The van der Waals surface area contributed by atoms with Gasteiger partial charge in [0.1, 0.15) is 0 Å². The van der Waals surface area contributed by atoms with Gasteiger partial charge in [0.05, 0.1) is 0 Å². The highest BCUT2D eigenvalue weighted by Crippen LogP contribution is 2.25. The van der Waals surface area contributed by atoms with Crippen LogP contribution in [0, 0.1) is 0 Å². The maximum absolute atomic E-state index is 6.09. The monoisotopic (exact) mass is 244 g/mol. The first-order valence-corrected chi connectivity index (χ1v) is 9.91. The maximum Gasteiger partial charge on any atom is 0.192 e. The summed E-state index contributed by atoms with van der Waals surface area (Å²) in [6, 6.07) is 3.98. The van der Waals surface area contributed by atoms with Gasteiger partial charge in [0, 0.05) is 6.61 Å². The predicted molar refractivity (Wildman–Crippen MR) is 76.5 cm³/mol. The van der Waals surface area contributed by atoms with E-state index < -0.39 is 8.32 Å². The average Bonchev–Trinajstić information content (AvgIpc) is 2.32. The van der Waals surface area contributed by atoms with Crippen molar-refractivity contribution in [3.8, 4) is 0 Å². The van der Waals surface area contributed by atoms with E-state index in [-0.39, 0.29) is 0 Å². The average molecular weight is 244 g/mol. The van der Waals surface area contributed by atoms with E-state index in [0.717, 1.165) is 6.61 Å². The van der Waals surface area contributed by atoms with Crippen LogP contribution in [-0.4, -0.2) is 14.9 Å². The van der Waals surface area contributed by atoms with Gasteiger partial charge in [0.2, 0.25) is 0 Å². The summed E-state index contributed by atoms with van der Waals surface area (Å²) in [7, 11) is -1.31. The van der Waals surface area contributed by atoms with Crippen molar-refractivity contribution in [2.45, 2.75) is 84.4 Å². The number of unbranched alkanes of at least 4 members (excludes halogenated alkanes) is 5. The molecule has 0 fully saturated rings. The molecule has 0 aromatic heterocycles. The van der Waals surface area contributed by atoms with Crippen LogP contribution in [0.3, 0.4) is 0 Å². The molecule has 0 aliphatic carbocycles. The van der Waals surface area contributed by atoms with Crippen LogP contribution in [0.15, 0.2) is 0 Å². The minimum absolute atomic E-state index is 0.920. The van der Waals surface area contributed by atoms with E-state index in [1.54, 1.807) is 0 Å². The van der Waals surface area contributed by atoms with Crippen LogP contribution in [-0.2, 0) is 4.43 Å². The maximum atomic E-state index is 6.09. The van der Waals surface area contributed by atoms with Crippen molar-refractivity contribution in [1.29, 1.82) is 0 Å². The van der Waals surface area contributed by atoms with Crippen molar-refractivity contribution in [1.82, 2.24) is 0 Å². The van der Waals surface area contributed by atoms with Crippen molar-refractivity contribution in [2.24, 2.45) is 0 Å². The topological polar surface area (TPSA) is 9.23 Å². The fourth-order valence-corrected chi connectivity index (χ4v) is 5.68. The highest BCUT2D eigenvalue weighted by Gasteiger charge is 2.29. The van der Waals surface area contributed by atoms with Gasteiger partial charge in [-0.25, -0.2) is 0 Å². The SMILES string of the molecule is CCCCCCCC[Si](CC)(CC)OCC. The van der Waals surface area contributed by atoms with E-state index in [1.165, 1.54) is 56.7 Å². The molecule has 0 saturated carbocycles. The molecule has 0 atom stereocenters. The van der Waals surface area contributed by atoms with Crippen molar-refractivity contribution < 1.29 is 4.43 Å². The Bertz CT molecular complexity index is 144. The molecule has 0 aromatic carbocycles. The summed E-state index contributed by atoms with van der Waals surface area (Å²) in [6.45, 7) is 9.99. The second-order valence-corrected chi connectivity index (χ2v) is 9.41. The van der Waals surface area contributed by atoms with Crippen LogP contribution in [0.25, 0.3) is 0 Å². The Kier molecular flexibility index (Phi) is 10.5. The van der Waals surface area contributed by atoms with E-state index in [2.05, 4.69) is 27.7 Å². The Hall–Kier alpha value is 0.177. The normalized spacial score (nSPS) is 12.0. The summed E-state index contributed by atoms with van der Waals surface area (Å²) in [5.74, 6) is 0. The van der Waals surface area contributed by atoms with Gasteiger partial charge in [0.25, 0.3) is 0 Å². The molecule has 0 unspecified atom stereocenters. The quantitative estimate of drug-likeness (QED) is 0.351. The van der Waals surface area contributed by atoms with Crippen molar-refractivity contribution in [2.75, 3.05) is 6.61 Å². The van der Waals surface area contributed by atoms with Crippen molar-refractivity contribution in [3.05, 3.63) is 0 Å². The Morgan fingerprint density at radius 2 is 1.31 bits per heavy atom. The minimum atomic E-state index is -1.31. The van der Waals surface area contributed by atoms with Gasteiger partial charge in [-0.2, -0.15) is 0 Å². The Labute approximate surface area is 104 Å². The summed E-state index contributed by atoms with van der Waals surface area (Å²) in [4.78, 5) is 0. The van der Waals surface area contributed by atoms with Gasteiger partial charge in [0.15, 0.2) is 8.32 Å². The van der Waals surface area contributed by atoms with Crippen molar-refractivity contribution >= 4 is 8.32 Å². The zero-order chi connectivity index (χ0) is 12.3. The van der Waals surface area contributed by atoms with Crippen LogP contribution >= 0.6 is 0 Å². The molecule has 98 valence electrons. The lowest BCUT2D eigenvalue weighted by atomic mass is 10.1. The smallest absolute Gasteiger partial charge is 0.192 e. The Morgan fingerprint density at radius 1 is 0.750 bits per heavy atom. The van der Waals surface area contributed by atoms with Crippen LogP contribution < -0.4 is 0 Å². The fraction of sp³-hybridized carbons (Fsp3) is 1.00. The molecule has 0 radical (unpaired) electrons. The molecule has 0 saturated heterocycles. The lowest BCUT2D eigenvalue weighted by Crippen LogP contribution is -2.36. The third-order valence-corrected chi connectivity index (χ3v) is 8.47. The molecule has 0 N–H and O–H groups in total. The lowest BCUT2D eigenvalue weighted by molar-refractivity contribution is 0.318. The van der Waals surface area contributed by atoms with Crippen LogP contribution in [0.4, 0.5) is 0 Å². The summed E-state index contributed by atoms with van der Waals surface area (Å²) in [6.07, 6.45) is 8.44. The molecule has 16 heavy (non-hydrogen) atoms. The molecule has 0 bridgehead atoms. The second-order valence-electron chi connectivity index (χ2n) is 4.84. The largest absolute Gasteiger partial charge is 0.417 e. The summed E-state index contributed by atoms with van der Waals surface area (Å²) in [5, 5.41) is 0. The predicted octanol–water partition coefficient (Wildman–Crippen LogP) is 5.37. The van der Waals surface area contributed by atoms with Crippen LogP contribution in [0.1, 0.15) is 66.2 Å². The molecule has 2 heteroatoms. The highest BCUT2D eigenvalue weighted by molar-refractivity contribution is 6.73. The van der Waals surface area contributed by atoms with Gasteiger partial charge in [-0.15, -0.1) is 0 Å². The highest BCUT2D eigenvalue weighted by atomic mass is 28.4. The molecule has 0 aromatic rings. The molecule has 0 rings (SSSR count). The first kappa shape index (κ1) is 16.2. The Balaban J connectivity index is 3.67. The van der Waals surface area contributed by atoms with Crippen molar-refractivity contribution in [3.63, 3.8) is 0 Å². The van der Waals surface area contributed by atoms with Crippen LogP contribution in [0.5, 0.6) is 0 Å². The fourth-order valence-electron chi connectivity index (χ4n) is 2.41.